The molecule has 0 bridgehead atoms. The first-order valence-electron chi connectivity index (χ1n) is 8.36. The number of para-hydroxylation sites is 3. The summed E-state index contributed by atoms with van der Waals surface area (Å²) in [7, 11) is 0. The molecular weight excluding hydrogens is 328 g/mol. The van der Waals surface area contributed by atoms with Crippen LogP contribution in [0.3, 0.4) is 0 Å². The summed E-state index contributed by atoms with van der Waals surface area (Å²) in [4.78, 5) is 21.0. The zero-order chi connectivity index (χ0) is 18.4. The van der Waals surface area contributed by atoms with Gasteiger partial charge in [-0.25, -0.2) is 9.97 Å². The molecule has 6 heteroatoms. The molecule has 6 nitrogen and oxygen atoms in total. The predicted octanol–water partition coefficient (Wildman–Crippen LogP) is 4.18. The molecular formula is C20H20N4O2. The summed E-state index contributed by atoms with van der Waals surface area (Å²) >= 11 is 0. The van der Waals surface area contributed by atoms with E-state index in [-0.39, 0.29) is 11.6 Å². The number of hydrogen-bond acceptors (Lipinski definition) is 5. The van der Waals surface area contributed by atoms with Crippen molar-refractivity contribution in [2.45, 2.75) is 13.8 Å². The minimum absolute atomic E-state index is 0.277. The Morgan fingerprint density at radius 1 is 1.04 bits per heavy atom. The summed E-state index contributed by atoms with van der Waals surface area (Å²) in [5, 5.41) is 5.97. The zero-order valence-electron chi connectivity index (χ0n) is 14.7. The van der Waals surface area contributed by atoms with Crippen LogP contribution in [-0.2, 0) is 0 Å². The normalized spacial score (nSPS) is 10.2. The molecule has 0 radical (unpaired) electrons. The van der Waals surface area contributed by atoms with Gasteiger partial charge in [-0.15, -0.1) is 0 Å². The molecule has 26 heavy (non-hydrogen) atoms. The van der Waals surface area contributed by atoms with Crippen molar-refractivity contribution in [3.8, 4) is 5.75 Å². The quantitative estimate of drug-likeness (QED) is 0.699. The third kappa shape index (κ3) is 4.16. The fourth-order valence-corrected chi connectivity index (χ4v) is 2.42. The molecule has 3 rings (SSSR count). The number of rotatable bonds is 6. The molecule has 0 aliphatic rings. The fraction of sp³-hybridized carbons (Fsp3) is 0.150. The fourth-order valence-electron chi connectivity index (χ4n) is 2.42. The number of carbonyl (C=O) groups is 1. The molecule has 1 aromatic heterocycles. The van der Waals surface area contributed by atoms with E-state index in [4.69, 9.17) is 4.74 Å². The van der Waals surface area contributed by atoms with Gasteiger partial charge >= 0.3 is 0 Å². The first-order valence-corrected chi connectivity index (χ1v) is 8.36. The van der Waals surface area contributed by atoms with Gasteiger partial charge in [0.05, 0.1) is 12.3 Å². The smallest absolute Gasteiger partial charge is 0.274 e. The lowest BCUT2D eigenvalue weighted by Gasteiger charge is -2.12. The van der Waals surface area contributed by atoms with Crippen molar-refractivity contribution in [3.05, 3.63) is 72.1 Å². The van der Waals surface area contributed by atoms with Crippen molar-refractivity contribution in [3.63, 3.8) is 0 Å². The van der Waals surface area contributed by atoms with E-state index in [1.807, 2.05) is 62.4 Å². The molecule has 0 aliphatic carbocycles. The standard InChI is InChI=1S/C20H20N4O2/c1-3-26-18-11-7-6-10-16(18)23-20-21-13-12-17(24-20)19(25)22-15-9-5-4-8-14(15)2/h4-13H,3H2,1-2H3,(H,22,25)(H,21,23,24). The number of amides is 1. The molecule has 0 aliphatic heterocycles. The van der Waals surface area contributed by atoms with E-state index in [9.17, 15) is 4.79 Å². The maximum Gasteiger partial charge on any atom is 0.274 e. The topological polar surface area (TPSA) is 76.1 Å². The predicted molar refractivity (Wildman–Crippen MR) is 102 cm³/mol. The molecule has 0 saturated heterocycles. The minimum atomic E-state index is -0.289. The second kappa shape index (κ2) is 8.11. The van der Waals surface area contributed by atoms with Crippen LogP contribution in [0.5, 0.6) is 5.75 Å². The Hall–Kier alpha value is -3.41. The lowest BCUT2D eigenvalue weighted by atomic mass is 10.2. The van der Waals surface area contributed by atoms with E-state index in [2.05, 4.69) is 20.6 Å². The Kier molecular flexibility index (Phi) is 5.43. The number of carbonyl (C=O) groups excluding carboxylic acids is 1. The molecule has 1 amide bonds. The van der Waals surface area contributed by atoms with Crippen molar-refractivity contribution in [1.82, 2.24) is 9.97 Å². The Balaban J connectivity index is 1.78. The second-order valence-electron chi connectivity index (χ2n) is 5.59. The highest BCUT2D eigenvalue weighted by atomic mass is 16.5. The SMILES string of the molecule is CCOc1ccccc1Nc1nccc(C(=O)Nc2ccccc2C)n1. The van der Waals surface area contributed by atoms with Gasteiger partial charge in [-0.1, -0.05) is 30.3 Å². The number of aryl methyl sites for hydroxylation is 1. The van der Waals surface area contributed by atoms with Crippen molar-refractivity contribution < 1.29 is 9.53 Å². The van der Waals surface area contributed by atoms with Gasteiger partial charge in [0.1, 0.15) is 11.4 Å². The Morgan fingerprint density at radius 2 is 1.77 bits per heavy atom. The third-order valence-corrected chi connectivity index (χ3v) is 3.71. The summed E-state index contributed by atoms with van der Waals surface area (Å²) in [6.07, 6.45) is 1.55. The van der Waals surface area contributed by atoms with Crippen LogP contribution in [0.4, 0.5) is 17.3 Å². The minimum Gasteiger partial charge on any atom is -0.492 e. The van der Waals surface area contributed by atoms with Gasteiger partial charge < -0.3 is 15.4 Å². The number of anilines is 3. The average Bonchev–Trinajstić information content (AvgIpc) is 2.66. The molecule has 2 N–H and O–H groups in total. The monoisotopic (exact) mass is 348 g/mol. The van der Waals surface area contributed by atoms with Gasteiger partial charge in [0.2, 0.25) is 5.95 Å². The van der Waals surface area contributed by atoms with Gasteiger partial charge in [-0.3, -0.25) is 4.79 Å². The van der Waals surface area contributed by atoms with E-state index in [0.717, 1.165) is 16.9 Å². The van der Waals surface area contributed by atoms with Crippen molar-refractivity contribution in [2.75, 3.05) is 17.2 Å². The number of benzene rings is 2. The van der Waals surface area contributed by atoms with Crippen LogP contribution >= 0.6 is 0 Å². The van der Waals surface area contributed by atoms with Crippen molar-refractivity contribution in [1.29, 1.82) is 0 Å². The lowest BCUT2D eigenvalue weighted by molar-refractivity contribution is 0.102. The molecule has 0 fully saturated rings. The van der Waals surface area contributed by atoms with Gasteiger partial charge in [0.15, 0.2) is 0 Å². The van der Waals surface area contributed by atoms with Crippen LogP contribution in [0.15, 0.2) is 60.8 Å². The number of ether oxygens (including phenoxy) is 1. The Morgan fingerprint density at radius 3 is 2.54 bits per heavy atom. The molecule has 2 aromatic carbocycles. The van der Waals surface area contributed by atoms with E-state index < -0.39 is 0 Å². The van der Waals surface area contributed by atoms with Gasteiger partial charge in [-0.05, 0) is 43.7 Å². The molecule has 132 valence electrons. The van der Waals surface area contributed by atoms with Crippen LogP contribution in [-0.4, -0.2) is 22.5 Å². The summed E-state index contributed by atoms with van der Waals surface area (Å²) in [5.74, 6) is 0.741. The molecule has 1 heterocycles. The van der Waals surface area contributed by atoms with Gasteiger partial charge in [-0.2, -0.15) is 0 Å². The molecule has 0 unspecified atom stereocenters. The number of nitrogens with zero attached hydrogens (tertiary/aromatic N) is 2. The summed E-state index contributed by atoms with van der Waals surface area (Å²) in [6.45, 7) is 4.41. The summed E-state index contributed by atoms with van der Waals surface area (Å²) < 4.78 is 5.58. The van der Waals surface area contributed by atoms with Crippen LogP contribution in [0, 0.1) is 6.92 Å². The van der Waals surface area contributed by atoms with Crippen LogP contribution in [0.25, 0.3) is 0 Å². The number of aromatic nitrogens is 2. The van der Waals surface area contributed by atoms with Gasteiger partial charge in [0, 0.05) is 11.9 Å². The first kappa shape index (κ1) is 17.4. The van der Waals surface area contributed by atoms with Crippen LogP contribution in [0.2, 0.25) is 0 Å². The summed E-state index contributed by atoms with van der Waals surface area (Å²) in [5.41, 5.74) is 2.76. The summed E-state index contributed by atoms with van der Waals surface area (Å²) in [6, 6.07) is 16.7. The highest BCUT2D eigenvalue weighted by Gasteiger charge is 2.11. The Bertz CT molecular complexity index is 912. The zero-order valence-corrected chi connectivity index (χ0v) is 14.7. The molecule has 3 aromatic rings. The van der Waals surface area contributed by atoms with E-state index >= 15 is 0 Å². The Labute approximate surface area is 152 Å². The molecule has 0 spiro atoms. The molecule has 0 atom stereocenters. The van der Waals surface area contributed by atoms with E-state index in [1.165, 1.54) is 0 Å². The highest BCUT2D eigenvalue weighted by Crippen LogP contribution is 2.26. The second-order valence-corrected chi connectivity index (χ2v) is 5.59. The maximum absolute atomic E-state index is 12.5. The first-order chi connectivity index (χ1) is 12.7. The van der Waals surface area contributed by atoms with Crippen LogP contribution < -0.4 is 15.4 Å². The maximum atomic E-state index is 12.5. The largest absolute Gasteiger partial charge is 0.492 e. The van der Waals surface area contributed by atoms with Crippen molar-refractivity contribution >= 4 is 23.2 Å². The molecule has 0 saturated carbocycles. The lowest BCUT2D eigenvalue weighted by Crippen LogP contribution is -2.15. The van der Waals surface area contributed by atoms with Crippen LogP contribution in [0.1, 0.15) is 23.0 Å². The van der Waals surface area contributed by atoms with E-state index in [0.29, 0.717) is 18.3 Å². The van der Waals surface area contributed by atoms with E-state index in [1.54, 1.807) is 12.3 Å². The van der Waals surface area contributed by atoms with Crippen molar-refractivity contribution in [2.24, 2.45) is 0 Å². The third-order valence-electron chi connectivity index (χ3n) is 3.71. The number of nitrogens with one attached hydrogen (secondary N) is 2. The van der Waals surface area contributed by atoms with Gasteiger partial charge in [0.25, 0.3) is 5.91 Å². The highest BCUT2D eigenvalue weighted by molar-refractivity contribution is 6.03. The number of hydrogen-bond donors (Lipinski definition) is 2. The average molecular weight is 348 g/mol.